The molecule has 3 nitrogen and oxygen atoms in total. The van der Waals surface area contributed by atoms with Crippen LogP contribution in [0.15, 0.2) is 89.5 Å². The first kappa shape index (κ1) is 15.0. The van der Waals surface area contributed by atoms with Gasteiger partial charge in [0, 0.05) is 27.1 Å². The number of imidazole rings is 1. The molecule has 0 bridgehead atoms. The zero-order chi connectivity index (χ0) is 18.0. The summed E-state index contributed by atoms with van der Waals surface area (Å²) in [4.78, 5) is 4.82. The lowest BCUT2D eigenvalue weighted by molar-refractivity contribution is 1.18. The average molecular weight is 412 g/mol. The number of pyridine rings is 1. The van der Waals surface area contributed by atoms with Gasteiger partial charge in [-0.1, -0.05) is 40.2 Å². The molecular formula is C23H14BrN3. The van der Waals surface area contributed by atoms with Crippen molar-refractivity contribution < 1.29 is 0 Å². The smallest absolute Gasteiger partial charge is 0.137 e. The van der Waals surface area contributed by atoms with E-state index in [0.717, 1.165) is 26.8 Å². The molecule has 6 aromatic rings. The van der Waals surface area contributed by atoms with E-state index in [2.05, 4.69) is 91.8 Å². The van der Waals surface area contributed by atoms with Crippen molar-refractivity contribution in [1.29, 1.82) is 0 Å². The van der Waals surface area contributed by atoms with Gasteiger partial charge in [-0.3, -0.25) is 4.40 Å². The molecule has 0 N–H and O–H groups in total. The number of hydrogen-bond acceptors (Lipinski definition) is 1. The van der Waals surface area contributed by atoms with E-state index < -0.39 is 0 Å². The van der Waals surface area contributed by atoms with Gasteiger partial charge >= 0.3 is 0 Å². The number of para-hydroxylation sites is 1. The van der Waals surface area contributed by atoms with Crippen LogP contribution in [0.3, 0.4) is 0 Å². The average Bonchev–Trinajstić information content (AvgIpc) is 3.22. The summed E-state index contributed by atoms with van der Waals surface area (Å²) in [6.45, 7) is 0. The van der Waals surface area contributed by atoms with E-state index in [1.165, 1.54) is 21.8 Å². The SMILES string of the molecule is Brc1ccc2c(c1)c1cc3nc4ccccn4c3cc1n2-c1ccccc1. The van der Waals surface area contributed by atoms with Gasteiger partial charge in [-0.05, 0) is 54.6 Å². The number of aromatic nitrogens is 3. The second-order valence-electron chi connectivity index (χ2n) is 6.73. The van der Waals surface area contributed by atoms with E-state index in [9.17, 15) is 0 Å². The van der Waals surface area contributed by atoms with Gasteiger partial charge in [0.05, 0.1) is 22.1 Å². The standard InChI is InChI=1S/C23H14BrN3/c24-15-9-10-20-17(12-15)18-13-19-22(26-11-5-4-8-23(26)25-19)14-21(18)27(20)16-6-2-1-3-7-16/h1-14H. The van der Waals surface area contributed by atoms with Gasteiger partial charge < -0.3 is 4.57 Å². The molecule has 4 heteroatoms. The van der Waals surface area contributed by atoms with Gasteiger partial charge in [0.15, 0.2) is 0 Å². The fourth-order valence-corrected chi connectivity index (χ4v) is 4.37. The predicted octanol–water partition coefficient (Wildman–Crippen LogP) is 6.35. The molecule has 0 saturated carbocycles. The topological polar surface area (TPSA) is 22.2 Å². The third-order valence-electron chi connectivity index (χ3n) is 5.17. The predicted molar refractivity (Wildman–Crippen MR) is 115 cm³/mol. The van der Waals surface area contributed by atoms with Crippen LogP contribution in [-0.2, 0) is 0 Å². The highest BCUT2D eigenvalue weighted by Gasteiger charge is 2.15. The van der Waals surface area contributed by atoms with Crippen LogP contribution in [0.4, 0.5) is 0 Å². The third-order valence-corrected chi connectivity index (χ3v) is 5.66. The molecule has 0 aliphatic heterocycles. The summed E-state index contributed by atoms with van der Waals surface area (Å²) >= 11 is 3.63. The monoisotopic (exact) mass is 411 g/mol. The molecule has 0 unspecified atom stereocenters. The van der Waals surface area contributed by atoms with Crippen LogP contribution in [0.25, 0.3) is 44.2 Å². The molecule has 0 aliphatic rings. The molecule has 0 saturated heterocycles. The highest BCUT2D eigenvalue weighted by molar-refractivity contribution is 9.10. The Kier molecular flexibility index (Phi) is 3.02. The Morgan fingerprint density at radius 2 is 1.52 bits per heavy atom. The van der Waals surface area contributed by atoms with E-state index in [1.807, 2.05) is 18.2 Å². The molecule has 27 heavy (non-hydrogen) atoms. The van der Waals surface area contributed by atoms with Crippen molar-refractivity contribution in [2.45, 2.75) is 0 Å². The maximum absolute atomic E-state index is 4.82. The van der Waals surface area contributed by atoms with Crippen molar-refractivity contribution >= 4 is 54.4 Å². The van der Waals surface area contributed by atoms with Crippen LogP contribution in [-0.4, -0.2) is 14.0 Å². The molecule has 0 spiro atoms. The molecule has 0 fully saturated rings. The molecular weight excluding hydrogens is 398 g/mol. The molecule has 3 aromatic carbocycles. The van der Waals surface area contributed by atoms with E-state index in [1.54, 1.807) is 0 Å². The van der Waals surface area contributed by atoms with Crippen molar-refractivity contribution in [2.75, 3.05) is 0 Å². The fraction of sp³-hybridized carbons (Fsp3) is 0. The molecule has 3 aromatic heterocycles. The first-order chi connectivity index (χ1) is 13.3. The minimum absolute atomic E-state index is 0.969. The quantitative estimate of drug-likeness (QED) is 0.309. The number of hydrogen-bond donors (Lipinski definition) is 0. The lowest BCUT2D eigenvalue weighted by Crippen LogP contribution is -1.93. The van der Waals surface area contributed by atoms with Crippen molar-refractivity contribution in [3.05, 3.63) is 89.5 Å². The molecule has 128 valence electrons. The summed E-state index contributed by atoms with van der Waals surface area (Å²) in [5, 5.41) is 2.44. The van der Waals surface area contributed by atoms with E-state index in [-0.39, 0.29) is 0 Å². The second-order valence-corrected chi connectivity index (χ2v) is 7.65. The second kappa shape index (κ2) is 5.44. The van der Waals surface area contributed by atoms with E-state index in [4.69, 9.17) is 4.98 Å². The summed E-state index contributed by atoms with van der Waals surface area (Å²) in [6, 6.07) is 27.6. The zero-order valence-corrected chi connectivity index (χ0v) is 15.9. The van der Waals surface area contributed by atoms with Crippen LogP contribution in [0.5, 0.6) is 0 Å². The molecule has 0 radical (unpaired) electrons. The first-order valence-electron chi connectivity index (χ1n) is 8.85. The number of halogens is 1. The summed E-state index contributed by atoms with van der Waals surface area (Å²) in [5.41, 5.74) is 6.65. The summed E-state index contributed by atoms with van der Waals surface area (Å²) in [5.74, 6) is 0. The Bertz CT molecular complexity index is 1480. The van der Waals surface area contributed by atoms with E-state index in [0.29, 0.717) is 0 Å². The van der Waals surface area contributed by atoms with Gasteiger partial charge in [0.25, 0.3) is 0 Å². The molecule has 0 aliphatic carbocycles. The Balaban J connectivity index is 1.86. The number of nitrogens with zero attached hydrogens (tertiary/aromatic N) is 3. The summed E-state index contributed by atoms with van der Waals surface area (Å²) in [7, 11) is 0. The van der Waals surface area contributed by atoms with Crippen molar-refractivity contribution in [1.82, 2.24) is 14.0 Å². The van der Waals surface area contributed by atoms with Crippen molar-refractivity contribution in [3.8, 4) is 5.69 Å². The van der Waals surface area contributed by atoms with Gasteiger partial charge in [-0.2, -0.15) is 0 Å². The third kappa shape index (κ3) is 2.10. The Hall–Kier alpha value is -3.11. The molecule has 0 atom stereocenters. The van der Waals surface area contributed by atoms with Crippen molar-refractivity contribution in [3.63, 3.8) is 0 Å². The molecule has 3 heterocycles. The number of benzene rings is 3. The number of fused-ring (bicyclic) bond motifs is 6. The minimum atomic E-state index is 0.969. The largest absolute Gasteiger partial charge is 0.309 e. The fourth-order valence-electron chi connectivity index (χ4n) is 4.01. The summed E-state index contributed by atoms with van der Waals surface area (Å²) < 4.78 is 5.56. The highest BCUT2D eigenvalue weighted by atomic mass is 79.9. The van der Waals surface area contributed by atoms with E-state index >= 15 is 0 Å². The lowest BCUT2D eigenvalue weighted by atomic mass is 10.1. The Morgan fingerprint density at radius 3 is 2.41 bits per heavy atom. The summed E-state index contributed by atoms with van der Waals surface area (Å²) in [6.07, 6.45) is 2.07. The molecule has 0 amide bonds. The Morgan fingerprint density at radius 1 is 0.704 bits per heavy atom. The van der Waals surface area contributed by atoms with Gasteiger partial charge in [0.2, 0.25) is 0 Å². The highest BCUT2D eigenvalue weighted by Crippen LogP contribution is 2.36. The number of rotatable bonds is 1. The molecule has 6 rings (SSSR count). The van der Waals surface area contributed by atoms with Gasteiger partial charge in [0.1, 0.15) is 5.65 Å². The van der Waals surface area contributed by atoms with Crippen LogP contribution in [0.2, 0.25) is 0 Å². The van der Waals surface area contributed by atoms with Crippen LogP contribution < -0.4 is 0 Å². The Labute approximate surface area is 163 Å². The van der Waals surface area contributed by atoms with Crippen LogP contribution in [0, 0.1) is 0 Å². The maximum atomic E-state index is 4.82. The minimum Gasteiger partial charge on any atom is -0.309 e. The van der Waals surface area contributed by atoms with Crippen molar-refractivity contribution in [2.24, 2.45) is 0 Å². The normalized spacial score (nSPS) is 11.9. The lowest BCUT2D eigenvalue weighted by Gasteiger charge is -2.07. The maximum Gasteiger partial charge on any atom is 0.137 e. The van der Waals surface area contributed by atoms with Crippen LogP contribution >= 0.6 is 15.9 Å². The zero-order valence-electron chi connectivity index (χ0n) is 14.3. The van der Waals surface area contributed by atoms with Gasteiger partial charge in [-0.25, -0.2) is 4.98 Å². The first-order valence-corrected chi connectivity index (χ1v) is 9.65. The van der Waals surface area contributed by atoms with Gasteiger partial charge in [-0.15, -0.1) is 0 Å². The van der Waals surface area contributed by atoms with Crippen LogP contribution in [0.1, 0.15) is 0 Å².